The first-order chi connectivity index (χ1) is 7.78. The second-order valence-corrected chi connectivity index (χ2v) is 5.57. The van der Waals surface area contributed by atoms with Crippen LogP contribution in [-0.2, 0) is 9.63 Å². The first-order valence-corrected chi connectivity index (χ1v) is 5.95. The van der Waals surface area contributed by atoms with E-state index in [9.17, 15) is 9.59 Å². The van der Waals surface area contributed by atoms with Gasteiger partial charge in [0.1, 0.15) is 0 Å². The van der Waals surface area contributed by atoms with Crippen LogP contribution < -0.4 is 10.8 Å². The van der Waals surface area contributed by atoms with Crippen molar-refractivity contribution in [1.82, 2.24) is 5.48 Å². The van der Waals surface area contributed by atoms with Gasteiger partial charge in [0.25, 0.3) is 5.91 Å². The van der Waals surface area contributed by atoms with Gasteiger partial charge in [-0.3, -0.25) is 14.4 Å². The monoisotopic (exact) mass is 256 g/mol. The summed E-state index contributed by atoms with van der Waals surface area (Å²) in [6.07, 6.45) is 0. The number of hydroxylamine groups is 1. The summed E-state index contributed by atoms with van der Waals surface area (Å²) in [4.78, 5) is 28.1. The van der Waals surface area contributed by atoms with Gasteiger partial charge in [-0.1, -0.05) is 0 Å². The number of nitrogens with one attached hydrogen (secondary N) is 2. The normalized spacial score (nSPS) is 11.1. The highest BCUT2D eigenvalue weighted by Gasteiger charge is 2.15. The number of thiophene rings is 1. The third-order valence-electron chi connectivity index (χ3n) is 1.58. The highest BCUT2D eigenvalue weighted by atomic mass is 32.1. The molecule has 5 nitrogen and oxygen atoms in total. The quantitative estimate of drug-likeness (QED) is 0.814. The lowest BCUT2D eigenvalue weighted by Gasteiger charge is -2.18. The molecule has 0 aliphatic rings. The summed E-state index contributed by atoms with van der Waals surface area (Å²) in [5, 5.41) is 3.25. The molecule has 0 aromatic carbocycles. The van der Waals surface area contributed by atoms with E-state index in [-0.39, 0.29) is 11.8 Å². The topological polar surface area (TPSA) is 67.4 Å². The summed E-state index contributed by atoms with van der Waals surface area (Å²) in [6.45, 7) is 6.93. The Morgan fingerprint density at radius 1 is 1.29 bits per heavy atom. The summed E-state index contributed by atoms with van der Waals surface area (Å²) in [6, 6.07) is 3.31. The molecule has 0 aliphatic carbocycles. The van der Waals surface area contributed by atoms with Crippen molar-refractivity contribution in [2.45, 2.75) is 33.3 Å². The summed E-state index contributed by atoms with van der Waals surface area (Å²) < 4.78 is 0. The van der Waals surface area contributed by atoms with Crippen molar-refractivity contribution in [3.05, 3.63) is 17.0 Å². The van der Waals surface area contributed by atoms with Gasteiger partial charge in [-0.15, -0.1) is 11.3 Å². The largest absolute Gasteiger partial charge is 0.318 e. The Kier molecular flexibility index (Phi) is 4.25. The standard InChI is InChI=1S/C11H16N2O3S/c1-7(14)12-9-6-5-8(17-9)10(15)13-16-11(2,3)4/h5-6H,1-4H3,(H,12,14)(H,13,15). The summed E-state index contributed by atoms with van der Waals surface area (Å²) in [5.41, 5.74) is 1.93. The van der Waals surface area contributed by atoms with E-state index >= 15 is 0 Å². The fourth-order valence-electron chi connectivity index (χ4n) is 0.950. The third kappa shape index (κ3) is 4.97. The number of anilines is 1. The number of hydrogen-bond acceptors (Lipinski definition) is 4. The Labute approximate surface area is 104 Å². The lowest BCUT2D eigenvalue weighted by Crippen LogP contribution is -2.33. The maximum Gasteiger partial charge on any atom is 0.284 e. The molecule has 1 rings (SSSR count). The van der Waals surface area contributed by atoms with Crippen LogP contribution >= 0.6 is 11.3 Å². The molecule has 1 aromatic heterocycles. The maximum absolute atomic E-state index is 11.7. The Hall–Kier alpha value is -1.40. The molecule has 0 aliphatic heterocycles. The summed E-state index contributed by atoms with van der Waals surface area (Å²) in [5.74, 6) is -0.480. The molecule has 94 valence electrons. The molecule has 0 radical (unpaired) electrons. The van der Waals surface area contributed by atoms with Crippen LogP contribution in [0.3, 0.4) is 0 Å². The fraction of sp³-hybridized carbons (Fsp3) is 0.455. The van der Waals surface area contributed by atoms with Gasteiger partial charge in [0.05, 0.1) is 15.5 Å². The van der Waals surface area contributed by atoms with Gasteiger partial charge in [0.15, 0.2) is 0 Å². The number of amides is 2. The van der Waals surface area contributed by atoms with Gasteiger partial charge in [-0.25, -0.2) is 5.48 Å². The maximum atomic E-state index is 11.7. The van der Waals surface area contributed by atoms with Crippen molar-refractivity contribution < 1.29 is 14.4 Å². The molecule has 0 saturated heterocycles. The summed E-state index contributed by atoms with van der Waals surface area (Å²) in [7, 11) is 0. The van der Waals surface area contributed by atoms with Gasteiger partial charge in [-0.05, 0) is 32.9 Å². The van der Waals surface area contributed by atoms with E-state index in [1.807, 2.05) is 20.8 Å². The molecular formula is C11H16N2O3S. The molecule has 2 N–H and O–H groups in total. The smallest absolute Gasteiger partial charge is 0.284 e. The van der Waals surface area contributed by atoms with E-state index < -0.39 is 5.60 Å². The van der Waals surface area contributed by atoms with Crippen LogP contribution in [-0.4, -0.2) is 17.4 Å². The lowest BCUT2D eigenvalue weighted by molar-refractivity contribution is -0.114. The Bertz CT molecular complexity index is 421. The number of carbonyl (C=O) groups is 2. The second-order valence-electron chi connectivity index (χ2n) is 4.49. The van der Waals surface area contributed by atoms with Crippen LogP contribution in [0.5, 0.6) is 0 Å². The van der Waals surface area contributed by atoms with E-state index in [1.54, 1.807) is 12.1 Å². The minimum absolute atomic E-state index is 0.162. The Balaban J connectivity index is 2.58. The van der Waals surface area contributed by atoms with Crippen LogP contribution in [0.25, 0.3) is 0 Å². The minimum Gasteiger partial charge on any atom is -0.318 e. The van der Waals surface area contributed by atoms with E-state index in [0.29, 0.717) is 9.88 Å². The van der Waals surface area contributed by atoms with Crippen molar-refractivity contribution >= 4 is 28.2 Å². The number of carbonyl (C=O) groups excluding carboxylic acids is 2. The van der Waals surface area contributed by atoms with E-state index in [4.69, 9.17) is 4.84 Å². The summed E-state index contributed by atoms with van der Waals surface area (Å²) >= 11 is 1.20. The van der Waals surface area contributed by atoms with Gasteiger partial charge in [0, 0.05) is 6.92 Å². The molecule has 0 spiro atoms. The zero-order valence-electron chi connectivity index (χ0n) is 10.3. The van der Waals surface area contributed by atoms with Gasteiger partial charge < -0.3 is 5.32 Å². The van der Waals surface area contributed by atoms with Gasteiger partial charge in [-0.2, -0.15) is 0 Å². The average Bonchev–Trinajstić information content (AvgIpc) is 2.60. The molecule has 17 heavy (non-hydrogen) atoms. The van der Waals surface area contributed by atoms with Crippen LogP contribution in [0.1, 0.15) is 37.4 Å². The third-order valence-corrected chi connectivity index (χ3v) is 2.58. The highest BCUT2D eigenvalue weighted by Crippen LogP contribution is 2.21. The molecule has 0 saturated carbocycles. The molecule has 1 aromatic rings. The predicted molar refractivity (Wildman–Crippen MR) is 66.9 cm³/mol. The first kappa shape index (κ1) is 13.7. The molecule has 0 fully saturated rings. The zero-order chi connectivity index (χ0) is 13.1. The Morgan fingerprint density at radius 2 is 1.94 bits per heavy atom. The van der Waals surface area contributed by atoms with Crippen molar-refractivity contribution in [3.8, 4) is 0 Å². The van der Waals surface area contributed by atoms with Gasteiger partial charge in [0.2, 0.25) is 5.91 Å². The number of hydrogen-bond donors (Lipinski definition) is 2. The first-order valence-electron chi connectivity index (χ1n) is 5.14. The average molecular weight is 256 g/mol. The van der Waals surface area contributed by atoms with E-state index in [0.717, 1.165) is 0 Å². The second kappa shape index (κ2) is 5.29. The van der Waals surface area contributed by atoms with Crippen molar-refractivity contribution in [2.24, 2.45) is 0 Å². The van der Waals surface area contributed by atoms with Crippen LogP contribution in [0.2, 0.25) is 0 Å². The molecular weight excluding hydrogens is 240 g/mol. The molecule has 0 atom stereocenters. The zero-order valence-corrected chi connectivity index (χ0v) is 11.1. The molecule has 1 heterocycles. The van der Waals surface area contributed by atoms with E-state index in [1.165, 1.54) is 18.3 Å². The highest BCUT2D eigenvalue weighted by molar-refractivity contribution is 7.18. The molecule has 0 bridgehead atoms. The molecule has 0 unspecified atom stereocenters. The van der Waals surface area contributed by atoms with Crippen molar-refractivity contribution in [1.29, 1.82) is 0 Å². The molecule has 6 heteroatoms. The minimum atomic E-state index is -0.437. The van der Waals surface area contributed by atoms with Crippen LogP contribution in [0.15, 0.2) is 12.1 Å². The fourth-order valence-corrected chi connectivity index (χ4v) is 1.79. The van der Waals surface area contributed by atoms with Crippen molar-refractivity contribution in [3.63, 3.8) is 0 Å². The predicted octanol–water partition coefficient (Wildman–Crippen LogP) is 2.17. The SMILES string of the molecule is CC(=O)Nc1ccc(C(=O)NOC(C)(C)C)s1. The van der Waals surface area contributed by atoms with Crippen LogP contribution in [0, 0.1) is 0 Å². The number of rotatable bonds is 3. The van der Waals surface area contributed by atoms with Gasteiger partial charge >= 0.3 is 0 Å². The molecule has 2 amide bonds. The lowest BCUT2D eigenvalue weighted by atomic mass is 10.2. The Morgan fingerprint density at radius 3 is 2.47 bits per heavy atom. The van der Waals surface area contributed by atoms with E-state index in [2.05, 4.69) is 10.8 Å². The van der Waals surface area contributed by atoms with Crippen molar-refractivity contribution in [2.75, 3.05) is 5.32 Å². The van der Waals surface area contributed by atoms with Crippen LogP contribution in [0.4, 0.5) is 5.00 Å².